The van der Waals surface area contributed by atoms with E-state index in [1.807, 2.05) is 13.8 Å². The topological polar surface area (TPSA) is 67.4 Å². The molecule has 6 heteroatoms. The van der Waals surface area contributed by atoms with Crippen LogP contribution in [0.4, 0.5) is 5.69 Å². The third-order valence-corrected chi connectivity index (χ3v) is 3.21. The van der Waals surface area contributed by atoms with Gasteiger partial charge in [-0.05, 0) is 31.5 Å². The van der Waals surface area contributed by atoms with E-state index in [4.69, 9.17) is 11.6 Å². The highest BCUT2D eigenvalue weighted by Gasteiger charge is 2.11. The summed E-state index contributed by atoms with van der Waals surface area (Å²) in [5.41, 5.74) is 0.729. The molecule has 0 fully saturated rings. The highest BCUT2D eigenvalue weighted by Crippen LogP contribution is 2.23. The summed E-state index contributed by atoms with van der Waals surface area (Å²) < 4.78 is 4.62. The summed E-state index contributed by atoms with van der Waals surface area (Å²) in [6, 6.07) is 4.85. The van der Waals surface area contributed by atoms with Crippen molar-refractivity contribution >= 4 is 29.2 Å². The first-order chi connectivity index (χ1) is 9.47. The fourth-order valence-electron chi connectivity index (χ4n) is 1.47. The van der Waals surface area contributed by atoms with Crippen LogP contribution >= 0.6 is 11.6 Å². The van der Waals surface area contributed by atoms with Gasteiger partial charge in [-0.3, -0.25) is 4.79 Å². The highest BCUT2D eigenvalue weighted by molar-refractivity contribution is 6.33. The number of nitrogens with one attached hydrogen (secondary N) is 2. The molecule has 1 unspecified atom stereocenters. The Morgan fingerprint density at radius 3 is 2.70 bits per heavy atom. The van der Waals surface area contributed by atoms with Gasteiger partial charge in [-0.2, -0.15) is 0 Å². The van der Waals surface area contributed by atoms with Crippen LogP contribution in [0.25, 0.3) is 0 Å². The molecular weight excluding hydrogens is 280 g/mol. The maximum atomic E-state index is 11.8. The average molecular weight is 299 g/mol. The Morgan fingerprint density at radius 2 is 2.10 bits per heavy atom. The van der Waals surface area contributed by atoms with Gasteiger partial charge in [0.15, 0.2) is 0 Å². The van der Waals surface area contributed by atoms with Crippen molar-refractivity contribution in [3.8, 4) is 0 Å². The van der Waals surface area contributed by atoms with Gasteiger partial charge in [-0.15, -0.1) is 0 Å². The van der Waals surface area contributed by atoms with Crippen LogP contribution in [0.3, 0.4) is 0 Å². The minimum Gasteiger partial charge on any atom is -0.465 e. The lowest BCUT2D eigenvalue weighted by Crippen LogP contribution is -2.34. The summed E-state index contributed by atoms with van der Waals surface area (Å²) in [6.45, 7) is 4.22. The zero-order valence-corrected chi connectivity index (χ0v) is 12.6. The lowest BCUT2D eigenvalue weighted by molar-refractivity contribution is -0.115. The molecule has 0 saturated heterocycles. The zero-order valence-electron chi connectivity index (χ0n) is 11.8. The molecule has 1 aromatic carbocycles. The van der Waals surface area contributed by atoms with Crippen molar-refractivity contribution in [2.24, 2.45) is 0 Å². The van der Waals surface area contributed by atoms with Crippen molar-refractivity contribution in [2.75, 3.05) is 19.0 Å². The molecule has 0 bridgehead atoms. The first-order valence-electron chi connectivity index (χ1n) is 6.39. The predicted molar refractivity (Wildman–Crippen MR) is 79.2 cm³/mol. The Bertz CT molecular complexity index is 491. The normalized spacial score (nSPS) is 11.8. The molecule has 0 spiro atoms. The van der Waals surface area contributed by atoms with Crippen LogP contribution in [0.15, 0.2) is 18.2 Å². The minimum atomic E-state index is -0.477. The van der Waals surface area contributed by atoms with Crippen LogP contribution < -0.4 is 10.6 Å². The van der Waals surface area contributed by atoms with Gasteiger partial charge < -0.3 is 15.4 Å². The number of rotatable bonds is 6. The third kappa shape index (κ3) is 4.83. The average Bonchev–Trinajstić information content (AvgIpc) is 2.46. The number of hydrogen-bond donors (Lipinski definition) is 2. The summed E-state index contributed by atoms with van der Waals surface area (Å²) >= 11 is 5.99. The predicted octanol–water partition coefficient (Wildman–Crippen LogP) is 2.45. The number of carbonyl (C=O) groups excluding carboxylic acids is 2. The Morgan fingerprint density at radius 1 is 1.40 bits per heavy atom. The van der Waals surface area contributed by atoms with E-state index in [1.165, 1.54) is 13.2 Å². The van der Waals surface area contributed by atoms with Gasteiger partial charge in [0, 0.05) is 6.04 Å². The number of ether oxygens (including phenoxy) is 1. The number of methoxy groups -OCH3 is 1. The van der Waals surface area contributed by atoms with Crippen LogP contribution in [0.2, 0.25) is 5.02 Å². The fraction of sp³-hybridized carbons (Fsp3) is 0.429. The molecule has 5 nitrogen and oxygen atoms in total. The molecule has 1 atom stereocenters. The first kappa shape index (κ1) is 16.5. The molecule has 0 aliphatic rings. The second-order valence-corrected chi connectivity index (χ2v) is 4.83. The van der Waals surface area contributed by atoms with Crippen LogP contribution in [0, 0.1) is 0 Å². The lowest BCUT2D eigenvalue weighted by atomic mass is 10.2. The molecular formula is C14H19ClN2O3. The van der Waals surface area contributed by atoms with E-state index >= 15 is 0 Å². The Kier molecular flexibility index (Phi) is 6.48. The van der Waals surface area contributed by atoms with Crippen molar-refractivity contribution in [1.29, 1.82) is 0 Å². The van der Waals surface area contributed by atoms with E-state index in [0.29, 0.717) is 16.3 Å². The Balaban J connectivity index is 2.71. The second kappa shape index (κ2) is 7.87. The van der Waals surface area contributed by atoms with E-state index in [-0.39, 0.29) is 18.5 Å². The maximum Gasteiger partial charge on any atom is 0.337 e. The van der Waals surface area contributed by atoms with E-state index in [0.717, 1.165) is 6.42 Å². The highest BCUT2D eigenvalue weighted by atomic mass is 35.5. The van der Waals surface area contributed by atoms with E-state index in [1.54, 1.807) is 12.1 Å². The monoisotopic (exact) mass is 298 g/mol. The molecule has 0 saturated carbocycles. The molecule has 110 valence electrons. The number of anilines is 1. The SMILES string of the molecule is CCC(C)NCC(=O)Nc1cc(C(=O)OC)ccc1Cl. The quantitative estimate of drug-likeness (QED) is 0.792. The summed E-state index contributed by atoms with van der Waals surface area (Å²) in [6.07, 6.45) is 0.936. The zero-order chi connectivity index (χ0) is 15.1. The molecule has 1 rings (SSSR count). The van der Waals surface area contributed by atoms with Crippen molar-refractivity contribution in [3.63, 3.8) is 0 Å². The van der Waals surface area contributed by atoms with E-state index < -0.39 is 5.97 Å². The van der Waals surface area contributed by atoms with Gasteiger partial charge in [0.25, 0.3) is 0 Å². The first-order valence-corrected chi connectivity index (χ1v) is 6.76. The van der Waals surface area contributed by atoms with Crippen molar-refractivity contribution in [1.82, 2.24) is 5.32 Å². The number of amides is 1. The number of esters is 1. The minimum absolute atomic E-state index is 0.188. The summed E-state index contributed by atoms with van der Waals surface area (Å²) in [7, 11) is 1.30. The number of benzene rings is 1. The van der Waals surface area contributed by atoms with E-state index in [2.05, 4.69) is 15.4 Å². The summed E-state index contributed by atoms with van der Waals surface area (Å²) in [4.78, 5) is 23.2. The molecule has 0 radical (unpaired) electrons. The van der Waals surface area contributed by atoms with Gasteiger partial charge >= 0.3 is 5.97 Å². The smallest absolute Gasteiger partial charge is 0.337 e. The van der Waals surface area contributed by atoms with Crippen LogP contribution in [-0.4, -0.2) is 31.6 Å². The molecule has 0 aliphatic heterocycles. The van der Waals surface area contributed by atoms with Crippen molar-refractivity contribution < 1.29 is 14.3 Å². The molecule has 2 N–H and O–H groups in total. The Hall–Kier alpha value is -1.59. The molecule has 1 amide bonds. The number of halogens is 1. The second-order valence-electron chi connectivity index (χ2n) is 4.42. The van der Waals surface area contributed by atoms with Gasteiger partial charge in [0.05, 0.1) is 29.9 Å². The van der Waals surface area contributed by atoms with Gasteiger partial charge in [-0.1, -0.05) is 18.5 Å². The summed E-state index contributed by atoms with van der Waals surface area (Å²) in [5.74, 6) is -0.691. The van der Waals surface area contributed by atoms with Crippen molar-refractivity contribution in [3.05, 3.63) is 28.8 Å². The molecule has 1 aromatic rings. The van der Waals surface area contributed by atoms with Gasteiger partial charge in [0.1, 0.15) is 0 Å². The molecule has 0 heterocycles. The summed E-state index contributed by atoms with van der Waals surface area (Å²) in [5, 5.41) is 6.11. The fourth-order valence-corrected chi connectivity index (χ4v) is 1.64. The lowest BCUT2D eigenvalue weighted by Gasteiger charge is -2.12. The maximum absolute atomic E-state index is 11.8. The number of carbonyl (C=O) groups is 2. The van der Waals surface area contributed by atoms with Crippen LogP contribution in [0.1, 0.15) is 30.6 Å². The Labute approximate surface area is 123 Å². The van der Waals surface area contributed by atoms with E-state index in [9.17, 15) is 9.59 Å². The number of hydrogen-bond acceptors (Lipinski definition) is 4. The van der Waals surface area contributed by atoms with Crippen molar-refractivity contribution in [2.45, 2.75) is 26.3 Å². The molecule has 20 heavy (non-hydrogen) atoms. The van der Waals surface area contributed by atoms with Crippen LogP contribution in [0.5, 0.6) is 0 Å². The molecule has 0 aromatic heterocycles. The van der Waals surface area contributed by atoms with Crippen LogP contribution in [-0.2, 0) is 9.53 Å². The van der Waals surface area contributed by atoms with Gasteiger partial charge in [0.2, 0.25) is 5.91 Å². The molecule has 0 aliphatic carbocycles. The largest absolute Gasteiger partial charge is 0.465 e. The standard InChI is InChI=1S/C14H19ClN2O3/c1-4-9(2)16-8-13(18)17-12-7-10(14(19)20-3)5-6-11(12)15/h5-7,9,16H,4,8H2,1-3H3,(H,17,18). The van der Waals surface area contributed by atoms with Gasteiger partial charge in [-0.25, -0.2) is 4.79 Å². The third-order valence-electron chi connectivity index (χ3n) is 2.89.